The second-order valence-corrected chi connectivity index (χ2v) is 6.98. The van der Waals surface area contributed by atoms with E-state index in [9.17, 15) is 4.79 Å². The topological polar surface area (TPSA) is 49.3 Å². The normalized spacial score (nSPS) is 12.3. The zero-order chi connectivity index (χ0) is 14.5. The first kappa shape index (κ1) is 15.7. The van der Waals surface area contributed by atoms with Gasteiger partial charge in [-0.25, -0.2) is 0 Å². The molecule has 0 radical (unpaired) electrons. The number of hydrogen-bond acceptors (Lipinski definition) is 3. The van der Waals surface area contributed by atoms with Gasteiger partial charge in [0.05, 0.1) is 12.5 Å². The van der Waals surface area contributed by atoms with E-state index < -0.39 is 5.97 Å². The molecule has 0 spiro atoms. The predicted molar refractivity (Wildman–Crippen MR) is 88.0 cm³/mol. The fourth-order valence-electron chi connectivity index (χ4n) is 1.83. The molecule has 1 unspecified atom stereocenters. The third kappa shape index (κ3) is 4.41. The number of thiophene rings is 1. The van der Waals surface area contributed by atoms with Gasteiger partial charge in [-0.2, -0.15) is 0 Å². The lowest BCUT2D eigenvalue weighted by molar-refractivity contribution is -0.137. The molecule has 1 aromatic heterocycles. The van der Waals surface area contributed by atoms with Crippen molar-refractivity contribution in [2.45, 2.75) is 19.0 Å². The molecular formula is C14H13Br2NO2S. The summed E-state index contributed by atoms with van der Waals surface area (Å²) < 4.78 is 1.99. The maximum Gasteiger partial charge on any atom is 0.305 e. The summed E-state index contributed by atoms with van der Waals surface area (Å²) in [5, 5.41) is 14.3. The summed E-state index contributed by atoms with van der Waals surface area (Å²) in [4.78, 5) is 12.0. The van der Waals surface area contributed by atoms with Crippen LogP contribution in [0.4, 0.5) is 0 Å². The lowest BCUT2D eigenvalue weighted by atomic mass is 10.1. The van der Waals surface area contributed by atoms with E-state index in [1.165, 1.54) is 0 Å². The highest BCUT2D eigenvalue weighted by Gasteiger charge is 2.16. The van der Waals surface area contributed by atoms with Gasteiger partial charge in [0.15, 0.2) is 0 Å². The minimum absolute atomic E-state index is 0.0816. The monoisotopic (exact) mass is 417 g/mol. The van der Waals surface area contributed by atoms with Gasteiger partial charge in [0, 0.05) is 20.4 Å². The van der Waals surface area contributed by atoms with Crippen molar-refractivity contribution in [2.75, 3.05) is 0 Å². The Bertz CT molecular complexity index is 587. The highest BCUT2D eigenvalue weighted by Crippen LogP contribution is 2.25. The Morgan fingerprint density at radius 1 is 1.30 bits per heavy atom. The van der Waals surface area contributed by atoms with Crippen LogP contribution in [0.15, 0.2) is 44.7 Å². The van der Waals surface area contributed by atoms with E-state index in [0.717, 1.165) is 19.4 Å². The molecular weight excluding hydrogens is 406 g/mol. The lowest BCUT2D eigenvalue weighted by Gasteiger charge is -2.15. The van der Waals surface area contributed by atoms with E-state index in [1.807, 2.05) is 35.7 Å². The number of hydrogen-bond donors (Lipinski definition) is 2. The van der Waals surface area contributed by atoms with Crippen LogP contribution in [0.2, 0.25) is 0 Å². The van der Waals surface area contributed by atoms with Gasteiger partial charge < -0.3 is 10.4 Å². The van der Waals surface area contributed by atoms with Gasteiger partial charge in [-0.15, -0.1) is 11.3 Å². The summed E-state index contributed by atoms with van der Waals surface area (Å²) in [6.45, 7) is 0.627. The second kappa shape index (κ2) is 7.36. The van der Waals surface area contributed by atoms with Gasteiger partial charge in [0.2, 0.25) is 0 Å². The van der Waals surface area contributed by atoms with Crippen LogP contribution in [0.5, 0.6) is 0 Å². The Kier molecular flexibility index (Phi) is 5.77. The third-order valence-corrected chi connectivity index (χ3v) is 5.67. The maximum atomic E-state index is 11.0. The zero-order valence-corrected chi connectivity index (χ0v) is 14.5. The minimum atomic E-state index is -0.798. The van der Waals surface area contributed by atoms with Crippen molar-refractivity contribution in [1.82, 2.24) is 5.32 Å². The number of carbonyl (C=O) groups is 1. The average molecular weight is 419 g/mol. The number of carboxylic acid groups (broad SMARTS) is 1. The van der Waals surface area contributed by atoms with E-state index in [4.69, 9.17) is 5.11 Å². The largest absolute Gasteiger partial charge is 0.481 e. The second-order valence-electron chi connectivity index (χ2n) is 4.30. The van der Waals surface area contributed by atoms with Crippen LogP contribution in [-0.4, -0.2) is 11.1 Å². The highest BCUT2D eigenvalue weighted by atomic mass is 79.9. The van der Waals surface area contributed by atoms with Crippen LogP contribution in [0.25, 0.3) is 0 Å². The molecule has 106 valence electrons. The summed E-state index contributed by atoms with van der Waals surface area (Å²) in [7, 11) is 0. The summed E-state index contributed by atoms with van der Waals surface area (Å²) in [5.74, 6) is -0.798. The van der Waals surface area contributed by atoms with Crippen LogP contribution in [0.1, 0.15) is 22.9 Å². The quantitative estimate of drug-likeness (QED) is 0.721. The highest BCUT2D eigenvalue weighted by molar-refractivity contribution is 9.13. The van der Waals surface area contributed by atoms with Crippen LogP contribution >= 0.6 is 43.2 Å². The SMILES string of the molecule is O=C(O)CC(NCc1ccc(Br)c(Br)c1)c1cccs1. The van der Waals surface area contributed by atoms with Crippen molar-refractivity contribution in [3.05, 3.63) is 55.1 Å². The summed E-state index contributed by atoms with van der Waals surface area (Å²) >= 11 is 8.47. The minimum Gasteiger partial charge on any atom is -0.481 e. The molecule has 2 rings (SSSR count). The van der Waals surface area contributed by atoms with Crippen molar-refractivity contribution in [1.29, 1.82) is 0 Å². The Balaban J connectivity index is 2.04. The van der Waals surface area contributed by atoms with E-state index in [2.05, 4.69) is 37.2 Å². The van der Waals surface area contributed by atoms with E-state index in [1.54, 1.807) is 11.3 Å². The number of nitrogens with one attached hydrogen (secondary N) is 1. The van der Waals surface area contributed by atoms with Crippen LogP contribution in [0, 0.1) is 0 Å². The average Bonchev–Trinajstić information content (AvgIpc) is 2.92. The molecule has 2 N–H and O–H groups in total. The zero-order valence-electron chi connectivity index (χ0n) is 10.5. The Labute approximate surface area is 138 Å². The van der Waals surface area contributed by atoms with Gasteiger partial charge in [-0.3, -0.25) is 4.79 Å². The number of aliphatic carboxylic acids is 1. The van der Waals surface area contributed by atoms with E-state index in [-0.39, 0.29) is 12.5 Å². The first-order chi connectivity index (χ1) is 9.56. The van der Waals surface area contributed by atoms with E-state index in [0.29, 0.717) is 6.54 Å². The molecule has 1 atom stereocenters. The standard InChI is InChI=1S/C14H13Br2NO2S/c15-10-4-3-9(6-11(10)16)8-17-12(7-14(18)19)13-2-1-5-20-13/h1-6,12,17H,7-8H2,(H,18,19). The smallest absolute Gasteiger partial charge is 0.305 e. The van der Waals surface area contributed by atoms with Gasteiger partial charge in [-0.1, -0.05) is 12.1 Å². The van der Waals surface area contributed by atoms with Gasteiger partial charge in [-0.05, 0) is 61.0 Å². The van der Waals surface area contributed by atoms with Crippen LogP contribution in [-0.2, 0) is 11.3 Å². The molecule has 1 heterocycles. The molecule has 0 amide bonds. The first-order valence-electron chi connectivity index (χ1n) is 5.99. The molecule has 0 saturated carbocycles. The van der Waals surface area contributed by atoms with Gasteiger partial charge >= 0.3 is 5.97 Å². The fourth-order valence-corrected chi connectivity index (χ4v) is 3.30. The Morgan fingerprint density at radius 3 is 2.70 bits per heavy atom. The lowest BCUT2D eigenvalue weighted by Crippen LogP contribution is -2.22. The number of halogens is 2. The Morgan fingerprint density at radius 2 is 2.10 bits per heavy atom. The first-order valence-corrected chi connectivity index (χ1v) is 8.45. The Hall–Kier alpha value is -0.690. The molecule has 0 saturated heterocycles. The number of benzene rings is 1. The van der Waals surface area contributed by atoms with Crippen molar-refractivity contribution in [3.8, 4) is 0 Å². The predicted octanol–water partition coefficient (Wildman–Crippen LogP) is 4.58. The van der Waals surface area contributed by atoms with Crippen molar-refractivity contribution in [2.24, 2.45) is 0 Å². The third-order valence-electron chi connectivity index (χ3n) is 2.80. The molecule has 0 fully saturated rings. The van der Waals surface area contributed by atoms with Crippen molar-refractivity contribution < 1.29 is 9.90 Å². The van der Waals surface area contributed by atoms with Crippen molar-refractivity contribution in [3.63, 3.8) is 0 Å². The molecule has 2 aromatic rings. The molecule has 3 nitrogen and oxygen atoms in total. The molecule has 6 heteroatoms. The van der Waals surface area contributed by atoms with Crippen molar-refractivity contribution >= 4 is 49.2 Å². The molecule has 0 aliphatic rings. The molecule has 0 bridgehead atoms. The van der Waals surface area contributed by atoms with Crippen LogP contribution < -0.4 is 5.32 Å². The fraction of sp³-hybridized carbons (Fsp3) is 0.214. The molecule has 0 aliphatic carbocycles. The van der Waals surface area contributed by atoms with Gasteiger partial charge in [0.25, 0.3) is 0 Å². The summed E-state index contributed by atoms with van der Waals surface area (Å²) in [6, 6.07) is 9.74. The van der Waals surface area contributed by atoms with Gasteiger partial charge in [0.1, 0.15) is 0 Å². The molecule has 20 heavy (non-hydrogen) atoms. The summed E-state index contributed by atoms with van der Waals surface area (Å²) in [5.41, 5.74) is 1.10. The number of carboxylic acids is 1. The molecule has 1 aromatic carbocycles. The number of rotatable bonds is 6. The van der Waals surface area contributed by atoms with Crippen LogP contribution in [0.3, 0.4) is 0 Å². The van der Waals surface area contributed by atoms with E-state index >= 15 is 0 Å². The molecule has 0 aliphatic heterocycles. The summed E-state index contributed by atoms with van der Waals surface area (Å²) in [6.07, 6.45) is 0.0816. The maximum absolute atomic E-state index is 11.0.